The van der Waals surface area contributed by atoms with Gasteiger partial charge in [-0.15, -0.1) is 6.58 Å². The minimum Gasteiger partial charge on any atom is -0.469 e. The quantitative estimate of drug-likeness (QED) is 0.611. The minimum absolute atomic E-state index is 0.0314. The molecule has 1 atom stereocenters. The molecule has 0 aromatic heterocycles. The van der Waals surface area contributed by atoms with E-state index < -0.39 is 23.2 Å². The van der Waals surface area contributed by atoms with Crippen LogP contribution in [0.3, 0.4) is 0 Å². The molecular weight excluding hydrogens is 306 g/mol. The number of benzene rings is 1. The standard InChI is InChI=1S/C19H27NO4/c1-6-12-19(14-16(21)23-5,13-15-10-8-7-9-11-15)20-17(22)24-18(2,3)4/h6-11H,1,12-14H2,2-5H3,(H,20,22)/t19-/m0/s1. The van der Waals surface area contributed by atoms with E-state index in [1.165, 1.54) is 7.11 Å². The molecule has 132 valence electrons. The van der Waals surface area contributed by atoms with Crippen LogP contribution >= 0.6 is 0 Å². The molecule has 0 aliphatic carbocycles. The Hall–Kier alpha value is -2.30. The van der Waals surface area contributed by atoms with E-state index in [1.54, 1.807) is 26.8 Å². The molecule has 0 heterocycles. The Morgan fingerprint density at radius 1 is 1.21 bits per heavy atom. The number of rotatable bonds is 7. The van der Waals surface area contributed by atoms with Crippen molar-refractivity contribution in [3.8, 4) is 0 Å². The van der Waals surface area contributed by atoms with Crippen molar-refractivity contribution in [3.63, 3.8) is 0 Å². The molecule has 0 saturated heterocycles. The summed E-state index contributed by atoms with van der Waals surface area (Å²) < 4.78 is 10.2. The average molecular weight is 333 g/mol. The molecule has 0 aliphatic rings. The molecular formula is C19H27NO4. The smallest absolute Gasteiger partial charge is 0.408 e. The van der Waals surface area contributed by atoms with Gasteiger partial charge < -0.3 is 14.8 Å². The van der Waals surface area contributed by atoms with Crippen LogP contribution in [-0.2, 0) is 20.7 Å². The van der Waals surface area contributed by atoms with Crippen molar-refractivity contribution < 1.29 is 19.1 Å². The van der Waals surface area contributed by atoms with Crippen molar-refractivity contribution in [2.24, 2.45) is 0 Å². The van der Waals surface area contributed by atoms with Gasteiger partial charge in [-0.3, -0.25) is 4.79 Å². The SMILES string of the molecule is C=CC[C@@](CC(=O)OC)(Cc1ccccc1)NC(=O)OC(C)(C)C. The van der Waals surface area contributed by atoms with Gasteiger partial charge in [-0.05, 0) is 39.2 Å². The molecule has 1 aromatic carbocycles. The molecule has 0 radical (unpaired) electrons. The first-order valence-electron chi connectivity index (χ1n) is 7.92. The van der Waals surface area contributed by atoms with E-state index in [2.05, 4.69) is 11.9 Å². The van der Waals surface area contributed by atoms with Gasteiger partial charge in [-0.25, -0.2) is 4.79 Å². The van der Waals surface area contributed by atoms with Crippen molar-refractivity contribution in [1.82, 2.24) is 5.32 Å². The van der Waals surface area contributed by atoms with E-state index in [9.17, 15) is 9.59 Å². The average Bonchev–Trinajstić information content (AvgIpc) is 2.46. The van der Waals surface area contributed by atoms with Crippen LogP contribution in [0.15, 0.2) is 43.0 Å². The number of nitrogens with one attached hydrogen (secondary N) is 1. The largest absolute Gasteiger partial charge is 0.469 e. The summed E-state index contributed by atoms with van der Waals surface area (Å²) in [5.41, 5.74) is -0.472. The number of amides is 1. The zero-order valence-corrected chi connectivity index (χ0v) is 14.9. The Balaban J connectivity index is 3.07. The monoisotopic (exact) mass is 333 g/mol. The Bertz CT molecular complexity index is 562. The molecule has 5 heteroatoms. The van der Waals surface area contributed by atoms with Crippen molar-refractivity contribution in [3.05, 3.63) is 48.6 Å². The molecule has 1 rings (SSSR count). The predicted octanol–water partition coefficient (Wildman–Crippen LogP) is 3.63. The first kappa shape index (κ1) is 19.7. The summed E-state index contributed by atoms with van der Waals surface area (Å²) in [6.45, 7) is 9.13. The van der Waals surface area contributed by atoms with Crippen LogP contribution in [-0.4, -0.2) is 30.3 Å². The molecule has 1 N–H and O–H groups in total. The highest BCUT2D eigenvalue weighted by atomic mass is 16.6. The Labute approximate surface area is 144 Å². The van der Waals surface area contributed by atoms with Gasteiger partial charge in [0.25, 0.3) is 0 Å². The number of alkyl carbamates (subject to hydrolysis) is 1. The molecule has 0 saturated carbocycles. The zero-order chi connectivity index (χ0) is 18.2. The van der Waals surface area contributed by atoms with Gasteiger partial charge in [0.15, 0.2) is 0 Å². The van der Waals surface area contributed by atoms with Crippen molar-refractivity contribution in [2.75, 3.05) is 7.11 Å². The lowest BCUT2D eigenvalue weighted by atomic mass is 9.84. The number of carbonyl (C=O) groups excluding carboxylic acids is 2. The van der Waals surface area contributed by atoms with Gasteiger partial charge in [0.2, 0.25) is 0 Å². The van der Waals surface area contributed by atoms with E-state index in [4.69, 9.17) is 9.47 Å². The summed E-state index contributed by atoms with van der Waals surface area (Å²) >= 11 is 0. The lowest BCUT2D eigenvalue weighted by Crippen LogP contribution is -2.52. The van der Waals surface area contributed by atoms with Crippen LogP contribution in [0.5, 0.6) is 0 Å². The Morgan fingerprint density at radius 2 is 1.83 bits per heavy atom. The molecule has 0 fully saturated rings. The van der Waals surface area contributed by atoms with E-state index in [-0.39, 0.29) is 6.42 Å². The maximum Gasteiger partial charge on any atom is 0.408 e. The first-order valence-corrected chi connectivity index (χ1v) is 7.92. The van der Waals surface area contributed by atoms with Crippen LogP contribution < -0.4 is 5.32 Å². The van der Waals surface area contributed by atoms with Crippen molar-refractivity contribution in [2.45, 2.75) is 51.2 Å². The molecule has 1 amide bonds. The van der Waals surface area contributed by atoms with Crippen LogP contribution in [0.25, 0.3) is 0 Å². The topological polar surface area (TPSA) is 64.6 Å². The molecule has 0 aliphatic heterocycles. The second-order valence-corrected chi connectivity index (χ2v) is 6.82. The van der Waals surface area contributed by atoms with Gasteiger partial charge in [-0.1, -0.05) is 36.4 Å². The number of ether oxygens (including phenoxy) is 2. The van der Waals surface area contributed by atoms with Crippen LogP contribution in [0, 0.1) is 0 Å². The van der Waals surface area contributed by atoms with E-state index >= 15 is 0 Å². The zero-order valence-electron chi connectivity index (χ0n) is 14.9. The van der Waals surface area contributed by atoms with E-state index in [1.807, 2.05) is 30.3 Å². The lowest BCUT2D eigenvalue weighted by Gasteiger charge is -2.34. The summed E-state index contributed by atoms with van der Waals surface area (Å²) in [7, 11) is 1.33. The van der Waals surface area contributed by atoms with E-state index in [0.29, 0.717) is 12.8 Å². The molecule has 24 heavy (non-hydrogen) atoms. The minimum atomic E-state index is -0.849. The maximum atomic E-state index is 12.3. The fraction of sp³-hybridized carbons (Fsp3) is 0.474. The molecule has 0 unspecified atom stereocenters. The number of methoxy groups -OCH3 is 1. The fourth-order valence-corrected chi connectivity index (χ4v) is 2.48. The third kappa shape index (κ3) is 6.86. The van der Waals surface area contributed by atoms with Gasteiger partial charge in [0.1, 0.15) is 5.60 Å². The highest BCUT2D eigenvalue weighted by Gasteiger charge is 2.35. The molecule has 0 spiro atoms. The number of hydrogen-bond acceptors (Lipinski definition) is 4. The second kappa shape index (κ2) is 8.52. The van der Waals surface area contributed by atoms with Gasteiger partial charge in [0, 0.05) is 0 Å². The summed E-state index contributed by atoms with van der Waals surface area (Å²) in [5, 5.41) is 2.87. The number of carbonyl (C=O) groups is 2. The van der Waals surface area contributed by atoms with Gasteiger partial charge in [0.05, 0.1) is 19.1 Å². The highest BCUT2D eigenvalue weighted by molar-refractivity contribution is 5.74. The summed E-state index contributed by atoms with van der Waals surface area (Å²) in [5.74, 6) is -0.399. The first-order chi connectivity index (χ1) is 11.2. The van der Waals surface area contributed by atoms with Crippen molar-refractivity contribution in [1.29, 1.82) is 0 Å². The predicted molar refractivity (Wildman–Crippen MR) is 93.7 cm³/mol. The Morgan fingerprint density at radius 3 is 2.33 bits per heavy atom. The van der Waals surface area contributed by atoms with Crippen LogP contribution in [0.4, 0.5) is 4.79 Å². The number of esters is 1. The Kier molecular flexibility index (Phi) is 7.01. The molecule has 0 bridgehead atoms. The lowest BCUT2D eigenvalue weighted by molar-refractivity contribution is -0.142. The highest BCUT2D eigenvalue weighted by Crippen LogP contribution is 2.24. The van der Waals surface area contributed by atoms with Gasteiger partial charge >= 0.3 is 12.1 Å². The second-order valence-electron chi connectivity index (χ2n) is 6.82. The third-order valence-electron chi connectivity index (χ3n) is 3.40. The molecule has 1 aromatic rings. The number of hydrogen-bond donors (Lipinski definition) is 1. The third-order valence-corrected chi connectivity index (χ3v) is 3.40. The molecule has 5 nitrogen and oxygen atoms in total. The maximum absolute atomic E-state index is 12.3. The van der Waals surface area contributed by atoms with Crippen LogP contribution in [0.1, 0.15) is 39.2 Å². The summed E-state index contributed by atoms with van der Waals surface area (Å²) in [6.07, 6.45) is 2.03. The normalized spacial score (nSPS) is 13.5. The fourth-order valence-electron chi connectivity index (χ4n) is 2.48. The summed E-state index contributed by atoms with van der Waals surface area (Å²) in [4.78, 5) is 24.2. The van der Waals surface area contributed by atoms with Crippen LogP contribution in [0.2, 0.25) is 0 Å². The van der Waals surface area contributed by atoms with Gasteiger partial charge in [-0.2, -0.15) is 0 Å². The summed E-state index contributed by atoms with van der Waals surface area (Å²) in [6, 6.07) is 9.65. The van der Waals surface area contributed by atoms with Crippen molar-refractivity contribution >= 4 is 12.1 Å². The van der Waals surface area contributed by atoms with E-state index in [0.717, 1.165) is 5.56 Å².